The number of aromatic nitrogens is 1. The number of carbonyl (C=O) groups is 2. The molecule has 0 saturated carbocycles. The molecule has 0 spiro atoms. The third-order valence-corrected chi connectivity index (χ3v) is 6.56. The van der Waals surface area contributed by atoms with Gasteiger partial charge >= 0.3 is 5.97 Å². The first-order chi connectivity index (χ1) is 15.5. The molecular weight excluding hydrogens is 422 g/mol. The Morgan fingerprint density at radius 1 is 1.03 bits per heavy atom. The number of aromatic amines is 1. The number of anilines is 1. The lowest BCUT2D eigenvalue weighted by Gasteiger charge is -2.20. The van der Waals surface area contributed by atoms with E-state index in [0.29, 0.717) is 16.3 Å². The summed E-state index contributed by atoms with van der Waals surface area (Å²) in [6.07, 6.45) is 2.02. The van der Waals surface area contributed by atoms with Crippen LogP contribution < -0.4 is 10.2 Å². The molecule has 0 aliphatic carbocycles. The highest BCUT2D eigenvalue weighted by Gasteiger charge is 2.21. The average molecular weight is 448 g/mol. The number of para-hydroxylation sites is 1. The molecule has 0 radical (unpaired) electrons. The van der Waals surface area contributed by atoms with Gasteiger partial charge in [-0.2, -0.15) is 0 Å². The van der Waals surface area contributed by atoms with E-state index in [2.05, 4.69) is 45.5 Å². The molecule has 4 rings (SSSR count). The van der Waals surface area contributed by atoms with Crippen molar-refractivity contribution in [1.82, 2.24) is 10.3 Å². The maximum atomic E-state index is 12.8. The lowest BCUT2D eigenvalue weighted by atomic mass is 9.90. The second-order valence-corrected chi connectivity index (χ2v) is 8.78. The topological polar surface area (TPSA) is 74.4 Å². The average Bonchev–Trinajstić information content (AvgIpc) is 3.47. The predicted octanol–water partition coefficient (Wildman–Crippen LogP) is 4.64. The van der Waals surface area contributed by atoms with Gasteiger partial charge in [-0.3, -0.25) is 4.79 Å². The lowest BCUT2D eigenvalue weighted by Crippen LogP contribution is -2.28. The Morgan fingerprint density at radius 2 is 1.75 bits per heavy atom. The Labute approximate surface area is 190 Å². The molecular formula is C25H25N3O3S. The third kappa shape index (κ3) is 4.38. The van der Waals surface area contributed by atoms with Crippen LogP contribution in [-0.4, -0.2) is 44.6 Å². The largest absolute Gasteiger partial charge is 0.465 e. The smallest absolute Gasteiger partial charge is 0.348 e. The number of ether oxygens (including phenoxy) is 1. The van der Waals surface area contributed by atoms with Crippen LogP contribution in [0.25, 0.3) is 10.9 Å². The summed E-state index contributed by atoms with van der Waals surface area (Å²) in [5, 5.41) is 4.19. The fraction of sp³-hybridized carbons (Fsp3) is 0.200. The highest BCUT2D eigenvalue weighted by atomic mass is 32.1. The van der Waals surface area contributed by atoms with E-state index in [0.717, 1.165) is 39.1 Å². The van der Waals surface area contributed by atoms with Crippen LogP contribution in [0.3, 0.4) is 0 Å². The zero-order chi connectivity index (χ0) is 22.7. The van der Waals surface area contributed by atoms with Gasteiger partial charge in [-0.15, -0.1) is 11.3 Å². The molecule has 2 aromatic heterocycles. The standard InChI is InChI=1S/C25H25N3O3S/c1-28(2)17-10-8-16(9-11-17)19(20-15-26-21-7-5-4-6-18(20)21)14-27-24(29)22-12-13-23(32-22)25(30)31-3/h4-13,15,19,26H,14H2,1-3H3,(H,27,29). The zero-order valence-electron chi connectivity index (χ0n) is 18.2. The van der Waals surface area contributed by atoms with Gasteiger partial charge in [0.25, 0.3) is 5.91 Å². The number of fused-ring (bicyclic) bond motifs is 1. The number of methoxy groups -OCH3 is 1. The lowest BCUT2D eigenvalue weighted by molar-refractivity contribution is 0.0606. The van der Waals surface area contributed by atoms with Gasteiger partial charge in [-0.1, -0.05) is 30.3 Å². The number of thiophene rings is 1. The summed E-state index contributed by atoms with van der Waals surface area (Å²) in [4.78, 5) is 30.8. The molecule has 7 heteroatoms. The number of hydrogen-bond donors (Lipinski definition) is 2. The molecule has 0 aliphatic rings. The van der Waals surface area contributed by atoms with Gasteiger partial charge in [0, 0.05) is 49.3 Å². The van der Waals surface area contributed by atoms with Crippen molar-refractivity contribution in [2.45, 2.75) is 5.92 Å². The number of nitrogens with zero attached hydrogens (tertiary/aromatic N) is 1. The van der Waals surface area contributed by atoms with Crippen LogP contribution in [0.1, 0.15) is 36.4 Å². The van der Waals surface area contributed by atoms with Crippen LogP contribution in [0, 0.1) is 0 Å². The molecule has 1 unspecified atom stereocenters. The van der Waals surface area contributed by atoms with Gasteiger partial charge in [0.05, 0.1) is 12.0 Å². The van der Waals surface area contributed by atoms with Crippen LogP contribution in [0.4, 0.5) is 5.69 Å². The summed E-state index contributed by atoms with van der Waals surface area (Å²) in [5.41, 5.74) is 4.41. The molecule has 2 aromatic carbocycles. The Hall–Kier alpha value is -3.58. The normalized spacial score (nSPS) is 11.8. The number of rotatable bonds is 7. The van der Waals surface area contributed by atoms with Crippen LogP contribution in [0.5, 0.6) is 0 Å². The van der Waals surface area contributed by atoms with Crippen molar-refractivity contribution in [3.8, 4) is 0 Å². The fourth-order valence-electron chi connectivity index (χ4n) is 3.75. The van der Waals surface area contributed by atoms with E-state index >= 15 is 0 Å². The van der Waals surface area contributed by atoms with Gasteiger partial charge in [0.2, 0.25) is 0 Å². The van der Waals surface area contributed by atoms with Gasteiger partial charge in [-0.05, 0) is 41.5 Å². The van der Waals surface area contributed by atoms with Crippen molar-refractivity contribution >= 4 is 39.8 Å². The molecule has 0 fully saturated rings. The molecule has 32 heavy (non-hydrogen) atoms. The van der Waals surface area contributed by atoms with Crippen LogP contribution in [0.15, 0.2) is 66.9 Å². The molecule has 2 N–H and O–H groups in total. The maximum Gasteiger partial charge on any atom is 0.348 e. The van der Waals surface area contributed by atoms with Gasteiger partial charge in [0.15, 0.2) is 0 Å². The van der Waals surface area contributed by atoms with Crippen LogP contribution in [-0.2, 0) is 4.74 Å². The van der Waals surface area contributed by atoms with E-state index in [1.54, 1.807) is 12.1 Å². The van der Waals surface area contributed by atoms with Crippen molar-refractivity contribution in [3.05, 3.63) is 87.7 Å². The van der Waals surface area contributed by atoms with E-state index in [4.69, 9.17) is 4.74 Å². The quantitative estimate of drug-likeness (QED) is 0.405. The highest BCUT2D eigenvalue weighted by molar-refractivity contribution is 7.15. The minimum absolute atomic E-state index is 0.0358. The number of benzene rings is 2. The predicted molar refractivity (Wildman–Crippen MR) is 129 cm³/mol. The molecule has 0 aliphatic heterocycles. The van der Waals surface area contributed by atoms with E-state index in [1.807, 2.05) is 38.5 Å². The first-order valence-corrected chi connectivity index (χ1v) is 11.1. The molecule has 1 atom stereocenters. The van der Waals surface area contributed by atoms with Gasteiger partial charge in [0.1, 0.15) is 4.88 Å². The van der Waals surface area contributed by atoms with E-state index < -0.39 is 5.97 Å². The number of amides is 1. The summed E-state index contributed by atoms with van der Waals surface area (Å²) < 4.78 is 4.73. The summed E-state index contributed by atoms with van der Waals surface area (Å²) in [6, 6.07) is 19.8. The Bertz CT molecular complexity index is 1240. The molecule has 164 valence electrons. The highest BCUT2D eigenvalue weighted by Crippen LogP contribution is 2.31. The second kappa shape index (κ2) is 9.28. The van der Waals surface area contributed by atoms with Crippen molar-refractivity contribution in [1.29, 1.82) is 0 Å². The van der Waals surface area contributed by atoms with Crippen molar-refractivity contribution < 1.29 is 14.3 Å². The Morgan fingerprint density at radius 3 is 2.47 bits per heavy atom. The summed E-state index contributed by atoms with van der Waals surface area (Å²) >= 11 is 1.13. The number of nitrogens with one attached hydrogen (secondary N) is 2. The molecule has 4 aromatic rings. The Balaban J connectivity index is 1.61. The molecule has 1 amide bonds. The molecule has 2 heterocycles. The second-order valence-electron chi connectivity index (χ2n) is 7.69. The number of H-pyrrole nitrogens is 1. The van der Waals surface area contributed by atoms with Crippen molar-refractivity contribution in [2.75, 3.05) is 32.6 Å². The monoisotopic (exact) mass is 447 g/mol. The summed E-state index contributed by atoms with van der Waals surface area (Å²) in [5.74, 6) is -0.682. The Kier molecular flexibility index (Phi) is 6.28. The fourth-order valence-corrected chi connectivity index (χ4v) is 4.59. The third-order valence-electron chi connectivity index (χ3n) is 5.49. The van der Waals surface area contributed by atoms with Crippen molar-refractivity contribution in [2.24, 2.45) is 0 Å². The van der Waals surface area contributed by atoms with Gasteiger partial charge in [-0.25, -0.2) is 4.79 Å². The summed E-state index contributed by atoms with van der Waals surface area (Å²) in [6.45, 7) is 0.424. The number of carbonyl (C=O) groups excluding carboxylic acids is 2. The van der Waals surface area contributed by atoms with Crippen LogP contribution >= 0.6 is 11.3 Å². The minimum atomic E-state index is -0.438. The number of esters is 1. The van der Waals surface area contributed by atoms with E-state index in [1.165, 1.54) is 7.11 Å². The SMILES string of the molecule is COC(=O)c1ccc(C(=O)NCC(c2ccc(N(C)C)cc2)c2c[nH]c3ccccc23)s1. The molecule has 0 bridgehead atoms. The minimum Gasteiger partial charge on any atom is -0.465 e. The maximum absolute atomic E-state index is 12.8. The van der Waals surface area contributed by atoms with E-state index in [-0.39, 0.29) is 11.8 Å². The number of hydrogen-bond acceptors (Lipinski definition) is 5. The first-order valence-electron chi connectivity index (χ1n) is 10.3. The van der Waals surface area contributed by atoms with Crippen molar-refractivity contribution in [3.63, 3.8) is 0 Å². The first kappa shape index (κ1) is 21.6. The summed E-state index contributed by atoms with van der Waals surface area (Å²) in [7, 11) is 5.35. The van der Waals surface area contributed by atoms with Crippen LogP contribution in [0.2, 0.25) is 0 Å². The van der Waals surface area contributed by atoms with E-state index in [9.17, 15) is 9.59 Å². The zero-order valence-corrected chi connectivity index (χ0v) is 19.0. The molecule has 0 saturated heterocycles. The molecule has 6 nitrogen and oxygen atoms in total. The van der Waals surface area contributed by atoms with Gasteiger partial charge < -0.3 is 19.9 Å².